The number of benzene rings is 1. The molecule has 1 unspecified atom stereocenters. The molecule has 1 aromatic carbocycles. The smallest absolute Gasteiger partial charge is 0.142 e. The largest absolute Gasteiger partial charge is 0.495 e. The van der Waals surface area contributed by atoms with Crippen molar-refractivity contribution in [3.05, 3.63) is 23.8 Å². The van der Waals surface area contributed by atoms with Crippen molar-refractivity contribution in [2.24, 2.45) is 5.73 Å². The lowest BCUT2D eigenvalue weighted by Gasteiger charge is -2.23. The molecule has 0 aliphatic rings. The standard InChI is InChI=1S/C13H22N2O/c1-10-5-6-13(16-4)12(9-10)15(3)8-7-11(2)14/h5-6,9,11H,7-8,14H2,1-4H3. The first-order valence-corrected chi connectivity index (χ1v) is 5.66. The van der Waals surface area contributed by atoms with Crippen LogP contribution in [0.15, 0.2) is 18.2 Å². The highest BCUT2D eigenvalue weighted by Crippen LogP contribution is 2.28. The minimum atomic E-state index is 0.234. The molecule has 0 saturated carbocycles. The maximum Gasteiger partial charge on any atom is 0.142 e. The molecule has 0 fully saturated rings. The predicted octanol–water partition coefficient (Wildman–Crippen LogP) is 2.18. The third-order valence-corrected chi connectivity index (χ3v) is 2.67. The summed E-state index contributed by atoms with van der Waals surface area (Å²) in [4.78, 5) is 2.19. The molecule has 0 spiro atoms. The van der Waals surface area contributed by atoms with Crippen molar-refractivity contribution >= 4 is 5.69 Å². The summed E-state index contributed by atoms with van der Waals surface area (Å²) in [5.74, 6) is 0.915. The molecule has 0 saturated heterocycles. The lowest BCUT2D eigenvalue weighted by atomic mass is 10.1. The summed E-state index contributed by atoms with van der Waals surface area (Å²) in [5.41, 5.74) is 8.13. The van der Waals surface area contributed by atoms with Crippen LogP contribution in [0.3, 0.4) is 0 Å². The third kappa shape index (κ3) is 3.42. The molecule has 3 nitrogen and oxygen atoms in total. The van der Waals surface area contributed by atoms with E-state index in [4.69, 9.17) is 10.5 Å². The minimum Gasteiger partial charge on any atom is -0.495 e. The first kappa shape index (κ1) is 12.8. The molecule has 1 aromatic rings. The van der Waals surface area contributed by atoms with Gasteiger partial charge in [0.15, 0.2) is 0 Å². The summed E-state index contributed by atoms with van der Waals surface area (Å²) in [5, 5.41) is 0. The van der Waals surface area contributed by atoms with E-state index in [9.17, 15) is 0 Å². The van der Waals surface area contributed by atoms with Crippen LogP contribution < -0.4 is 15.4 Å². The zero-order valence-electron chi connectivity index (χ0n) is 10.7. The highest BCUT2D eigenvalue weighted by molar-refractivity contribution is 5.59. The van der Waals surface area contributed by atoms with E-state index in [0.717, 1.165) is 24.4 Å². The Kier molecular flexibility index (Phi) is 4.62. The highest BCUT2D eigenvalue weighted by Gasteiger charge is 2.08. The third-order valence-electron chi connectivity index (χ3n) is 2.67. The molecule has 0 aliphatic carbocycles. The molecule has 0 heterocycles. The van der Waals surface area contributed by atoms with Gasteiger partial charge in [-0.25, -0.2) is 0 Å². The van der Waals surface area contributed by atoms with Gasteiger partial charge in [-0.2, -0.15) is 0 Å². The Morgan fingerprint density at radius 2 is 2.12 bits per heavy atom. The number of hydrogen-bond acceptors (Lipinski definition) is 3. The van der Waals surface area contributed by atoms with Crippen LogP contribution in [-0.2, 0) is 0 Å². The van der Waals surface area contributed by atoms with Gasteiger partial charge in [0.2, 0.25) is 0 Å². The summed E-state index contributed by atoms with van der Waals surface area (Å²) >= 11 is 0. The lowest BCUT2D eigenvalue weighted by Crippen LogP contribution is -2.26. The van der Waals surface area contributed by atoms with E-state index >= 15 is 0 Å². The van der Waals surface area contributed by atoms with Crippen LogP contribution in [-0.4, -0.2) is 26.7 Å². The van der Waals surface area contributed by atoms with E-state index in [1.54, 1.807) is 7.11 Å². The highest BCUT2D eigenvalue weighted by atomic mass is 16.5. The molecule has 90 valence electrons. The van der Waals surface area contributed by atoms with Crippen LogP contribution in [0.25, 0.3) is 0 Å². The SMILES string of the molecule is COc1ccc(C)cc1N(C)CCC(C)N. The number of hydrogen-bond donors (Lipinski definition) is 1. The second-order valence-corrected chi connectivity index (χ2v) is 4.36. The normalized spacial score (nSPS) is 12.3. The van der Waals surface area contributed by atoms with E-state index in [0.29, 0.717) is 0 Å². The number of nitrogens with zero attached hydrogens (tertiary/aromatic N) is 1. The average Bonchev–Trinajstić information content (AvgIpc) is 2.25. The maximum atomic E-state index is 5.76. The number of ether oxygens (including phenoxy) is 1. The molecular weight excluding hydrogens is 200 g/mol. The van der Waals surface area contributed by atoms with Crippen LogP contribution in [0.1, 0.15) is 18.9 Å². The van der Waals surface area contributed by atoms with Gasteiger partial charge in [0, 0.05) is 19.6 Å². The fourth-order valence-electron chi connectivity index (χ4n) is 1.62. The van der Waals surface area contributed by atoms with Gasteiger partial charge >= 0.3 is 0 Å². The van der Waals surface area contributed by atoms with Gasteiger partial charge in [-0.15, -0.1) is 0 Å². The molecule has 2 N–H and O–H groups in total. The number of aryl methyl sites for hydroxylation is 1. The van der Waals surface area contributed by atoms with Crippen molar-refractivity contribution in [3.8, 4) is 5.75 Å². The Labute approximate surface area is 98.2 Å². The number of anilines is 1. The summed E-state index contributed by atoms with van der Waals surface area (Å²) in [6.07, 6.45) is 0.980. The van der Waals surface area contributed by atoms with Gasteiger partial charge in [-0.3, -0.25) is 0 Å². The number of nitrogens with two attached hydrogens (primary N) is 1. The Morgan fingerprint density at radius 1 is 1.44 bits per heavy atom. The Morgan fingerprint density at radius 3 is 2.69 bits per heavy atom. The summed E-state index contributed by atoms with van der Waals surface area (Å²) in [7, 11) is 3.77. The van der Waals surface area contributed by atoms with Crippen molar-refractivity contribution in [1.82, 2.24) is 0 Å². The van der Waals surface area contributed by atoms with Crippen LogP contribution in [0.4, 0.5) is 5.69 Å². The summed E-state index contributed by atoms with van der Waals surface area (Å²) in [6.45, 7) is 5.06. The quantitative estimate of drug-likeness (QED) is 0.830. The van der Waals surface area contributed by atoms with Gasteiger partial charge in [-0.1, -0.05) is 6.07 Å². The van der Waals surface area contributed by atoms with Crippen LogP contribution >= 0.6 is 0 Å². The monoisotopic (exact) mass is 222 g/mol. The van der Waals surface area contributed by atoms with E-state index in [1.165, 1.54) is 5.56 Å². The number of rotatable bonds is 5. The summed E-state index contributed by atoms with van der Waals surface area (Å²) < 4.78 is 5.36. The molecule has 0 aliphatic heterocycles. The first-order valence-electron chi connectivity index (χ1n) is 5.66. The second kappa shape index (κ2) is 5.75. The van der Waals surface area contributed by atoms with E-state index in [1.807, 2.05) is 13.0 Å². The molecule has 0 bridgehead atoms. The Hall–Kier alpha value is -1.22. The lowest BCUT2D eigenvalue weighted by molar-refractivity contribution is 0.414. The van der Waals surface area contributed by atoms with E-state index in [2.05, 4.69) is 31.0 Å². The molecule has 1 rings (SSSR count). The molecule has 0 amide bonds. The topological polar surface area (TPSA) is 38.5 Å². The van der Waals surface area contributed by atoms with E-state index < -0.39 is 0 Å². The van der Waals surface area contributed by atoms with Gasteiger partial charge < -0.3 is 15.4 Å². The second-order valence-electron chi connectivity index (χ2n) is 4.36. The van der Waals surface area contributed by atoms with Crippen molar-refractivity contribution in [2.75, 3.05) is 25.6 Å². The first-order chi connectivity index (χ1) is 7.54. The van der Waals surface area contributed by atoms with Gasteiger partial charge in [0.1, 0.15) is 5.75 Å². The zero-order valence-corrected chi connectivity index (χ0v) is 10.7. The molecule has 16 heavy (non-hydrogen) atoms. The van der Waals surface area contributed by atoms with Crippen molar-refractivity contribution in [1.29, 1.82) is 0 Å². The van der Waals surface area contributed by atoms with Crippen LogP contribution in [0, 0.1) is 6.92 Å². The number of methoxy groups -OCH3 is 1. The molecule has 3 heteroatoms. The van der Waals surface area contributed by atoms with Crippen molar-refractivity contribution in [3.63, 3.8) is 0 Å². The van der Waals surface area contributed by atoms with Crippen molar-refractivity contribution < 1.29 is 4.74 Å². The van der Waals surface area contributed by atoms with E-state index in [-0.39, 0.29) is 6.04 Å². The summed E-state index contributed by atoms with van der Waals surface area (Å²) in [6, 6.07) is 6.44. The fourth-order valence-corrected chi connectivity index (χ4v) is 1.62. The molecule has 0 aromatic heterocycles. The molecular formula is C13H22N2O. The Balaban J connectivity index is 2.80. The zero-order chi connectivity index (χ0) is 12.1. The van der Waals surface area contributed by atoms with Gasteiger partial charge in [0.05, 0.1) is 12.8 Å². The predicted molar refractivity (Wildman–Crippen MR) is 69.3 cm³/mol. The Bertz CT molecular complexity index is 337. The fraction of sp³-hybridized carbons (Fsp3) is 0.538. The minimum absolute atomic E-state index is 0.234. The maximum absolute atomic E-state index is 5.76. The van der Waals surface area contributed by atoms with Gasteiger partial charge in [0.25, 0.3) is 0 Å². The molecule has 1 atom stereocenters. The van der Waals surface area contributed by atoms with Crippen molar-refractivity contribution in [2.45, 2.75) is 26.3 Å². The van der Waals surface area contributed by atoms with Crippen LogP contribution in [0.2, 0.25) is 0 Å². The van der Waals surface area contributed by atoms with Crippen LogP contribution in [0.5, 0.6) is 5.75 Å². The molecule has 0 radical (unpaired) electrons. The van der Waals surface area contributed by atoms with Gasteiger partial charge in [-0.05, 0) is 38.0 Å². The average molecular weight is 222 g/mol.